The van der Waals surface area contributed by atoms with E-state index < -0.39 is 27.0 Å². The van der Waals surface area contributed by atoms with Crippen molar-refractivity contribution in [2.45, 2.75) is 89.4 Å². The predicted octanol–water partition coefficient (Wildman–Crippen LogP) is 5.74. The fraction of sp³-hybridized carbons (Fsp3) is 0.652. The van der Waals surface area contributed by atoms with Gasteiger partial charge < -0.3 is 9.84 Å². The lowest BCUT2D eigenvalue weighted by atomic mass is 9.92. The molecule has 0 saturated carbocycles. The number of carboxylic acids is 1. The predicted molar refractivity (Wildman–Crippen MR) is 119 cm³/mol. The first kappa shape index (κ1) is 27.1. The molecule has 0 aromatic heterocycles. The number of carbonyl (C=O) groups is 2. The summed E-state index contributed by atoms with van der Waals surface area (Å²) in [4.78, 5) is 22.7. The zero-order valence-corrected chi connectivity index (χ0v) is 19.5. The molecule has 0 radical (unpaired) electrons. The van der Waals surface area contributed by atoms with Gasteiger partial charge in [-0.1, -0.05) is 78.1 Å². The molecular weight excluding hydrogens is 420 g/mol. The standard InChI is InChI=1S/C23H36O7S/c1-3-5-7-9-11-18(12-10-8-6-4-2)15-16-30-23(26)20-14-13-19(22(24)25)17-21(20)31(27,28)29/h13-14,17-18H,3-12,15-16H2,1-2H3,(H,24,25)(H,27,28,29). The number of carbonyl (C=O) groups excluding carboxylic acids is 1. The average molecular weight is 457 g/mol. The molecule has 0 aliphatic heterocycles. The van der Waals surface area contributed by atoms with E-state index in [2.05, 4.69) is 13.8 Å². The van der Waals surface area contributed by atoms with E-state index in [4.69, 9.17) is 9.84 Å². The average Bonchev–Trinajstić information content (AvgIpc) is 2.72. The second-order valence-electron chi connectivity index (χ2n) is 7.98. The number of carboxylic acid groups (broad SMARTS) is 1. The Morgan fingerprint density at radius 1 is 0.935 bits per heavy atom. The van der Waals surface area contributed by atoms with Gasteiger partial charge in [-0.3, -0.25) is 4.55 Å². The van der Waals surface area contributed by atoms with Crippen LogP contribution in [-0.4, -0.2) is 36.6 Å². The van der Waals surface area contributed by atoms with Crippen LogP contribution in [0.25, 0.3) is 0 Å². The third-order valence-corrected chi connectivity index (χ3v) is 6.31. The molecule has 2 N–H and O–H groups in total. The third kappa shape index (κ3) is 10.3. The van der Waals surface area contributed by atoms with Crippen molar-refractivity contribution in [2.75, 3.05) is 6.61 Å². The van der Waals surface area contributed by atoms with Gasteiger partial charge in [0.05, 0.1) is 17.7 Å². The number of benzene rings is 1. The fourth-order valence-electron chi connectivity index (χ4n) is 3.59. The van der Waals surface area contributed by atoms with Crippen LogP contribution in [0.3, 0.4) is 0 Å². The Bertz CT molecular complexity index is 790. The van der Waals surface area contributed by atoms with Crippen molar-refractivity contribution >= 4 is 22.1 Å². The summed E-state index contributed by atoms with van der Waals surface area (Å²) in [6, 6.07) is 2.93. The molecule has 0 saturated heterocycles. The number of aromatic carboxylic acids is 1. The van der Waals surface area contributed by atoms with E-state index in [1.165, 1.54) is 38.5 Å². The molecule has 8 heteroatoms. The van der Waals surface area contributed by atoms with Gasteiger partial charge in [-0.15, -0.1) is 0 Å². The van der Waals surface area contributed by atoms with E-state index in [0.29, 0.717) is 12.3 Å². The molecule has 0 bridgehead atoms. The van der Waals surface area contributed by atoms with Crippen LogP contribution in [0.4, 0.5) is 0 Å². The van der Waals surface area contributed by atoms with E-state index in [1.54, 1.807) is 0 Å². The quantitative estimate of drug-likeness (QED) is 0.185. The van der Waals surface area contributed by atoms with Crippen LogP contribution >= 0.6 is 0 Å². The Labute approximate surface area is 185 Å². The van der Waals surface area contributed by atoms with Crippen molar-refractivity contribution in [1.29, 1.82) is 0 Å². The molecule has 176 valence electrons. The van der Waals surface area contributed by atoms with Gasteiger partial charge in [0, 0.05) is 0 Å². The van der Waals surface area contributed by atoms with E-state index >= 15 is 0 Å². The highest BCUT2D eigenvalue weighted by Crippen LogP contribution is 2.23. The molecule has 1 rings (SSSR count). The number of hydrogen-bond acceptors (Lipinski definition) is 5. The van der Waals surface area contributed by atoms with E-state index in [-0.39, 0.29) is 17.7 Å². The van der Waals surface area contributed by atoms with Crippen LogP contribution in [0, 0.1) is 5.92 Å². The summed E-state index contributed by atoms with van der Waals surface area (Å²) >= 11 is 0. The Kier molecular flexibility index (Phi) is 12.4. The first-order valence-electron chi connectivity index (χ1n) is 11.2. The second-order valence-corrected chi connectivity index (χ2v) is 9.37. The molecule has 0 spiro atoms. The highest BCUT2D eigenvalue weighted by atomic mass is 32.2. The summed E-state index contributed by atoms with van der Waals surface area (Å²) in [6.07, 6.45) is 12.3. The van der Waals surface area contributed by atoms with Crippen LogP contribution in [0.15, 0.2) is 23.1 Å². The van der Waals surface area contributed by atoms with Gasteiger partial charge in [0.2, 0.25) is 0 Å². The summed E-state index contributed by atoms with van der Waals surface area (Å²) in [6.45, 7) is 4.49. The summed E-state index contributed by atoms with van der Waals surface area (Å²) in [7, 11) is -4.78. The third-order valence-electron chi connectivity index (χ3n) is 5.42. The highest BCUT2D eigenvalue weighted by Gasteiger charge is 2.24. The molecule has 0 aliphatic rings. The van der Waals surface area contributed by atoms with Crippen LogP contribution in [0.5, 0.6) is 0 Å². The van der Waals surface area contributed by atoms with Gasteiger partial charge in [0.1, 0.15) is 4.90 Å². The molecule has 0 amide bonds. The van der Waals surface area contributed by atoms with Crippen molar-refractivity contribution in [1.82, 2.24) is 0 Å². The molecular formula is C23H36O7S. The Morgan fingerprint density at radius 3 is 2.00 bits per heavy atom. The van der Waals surface area contributed by atoms with E-state index in [9.17, 15) is 22.6 Å². The van der Waals surface area contributed by atoms with Crippen molar-refractivity contribution in [3.05, 3.63) is 29.3 Å². The van der Waals surface area contributed by atoms with Crippen LogP contribution in [0.1, 0.15) is 105 Å². The summed E-state index contributed by atoms with van der Waals surface area (Å²) in [5, 5.41) is 9.02. The number of rotatable bonds is 16. The van der Waals surface area contributed by atoms with E-state index in [1.807, 2.05) is 0 Å². The van der Waals surface area contributed by atoms with Gasteiger partial charge in [-0.25, -0.2) is 9.59 Å². The normalized spacial score (nSPS) is 11.6. The molecule has 0 heterocycles. The maximum Gasteiger partial charge on any atom is 0.339 e. The van der Waals surface area contributed by atoms with Gasteiger partial charge in [-0.05, 0) is 30.5 Å². The van der Waals surface area contributed by atoms with E-state index in [0.717, 1.165) is 43.9 Å². The first-order chi connectivity index (χ1) is 14.7. The number of unbranched alkanes of at least 4 members (excludes halogenated alkanes) is 6. The lowest BCUT2D eigenvalue weighted by Gasteiger charge is -2.17. The second kappa shape index (κ2) is 14.2. The smallest absolute Gasteiger partial charge is 0.339 e. The Hall–Kier alpha value is -1.93. The minimum atomic E-state index is -4.78. The SMILES string of the molecule is CCCCCCC(CCCCCC)CCOC(=O)c1ccc(C(=O)O)cc1S(=O)(=O)O. The van der Waals surface area contributed by atoms with Crippen LogP contribution in [-0.2, 0) is 14.9 Å². The van der Waals surface area contributed by atoms with Crippen molar-refractivity contribution in [2.24, 2.45) is 5.92 Å². The molecule has 0 aliphatic carbocycles. The summed E-state index contributed by atoms with van der Waals surface area (Å²) < 4.78 is 37.9. The maximum atomic E-state index is 12.4. The fourth-order valence-corrected chi connectivity index (χ4v) is 4.29. The molecule has 1 aromatic carbocycles. The van der Waals surface area contributed by atoms with Gasteiger partial charge in [0.25, 0.3) is 10.1 Å². The monoisotopic (exact) mass is 456 g/mol. The van der Waals surface area contributed by atoms with Crippen LogP contribution in [0.2, 0.25) is 0 Å². The van der Waals surface area contributed by atoms with Gasteiger partial charge in [0.15, 0.2) is 0 Å². The van der Waals surface area contributed by atoms with Gasteiger partial charge >= 0.3 is 11.9 Å². The zero-order chi connectivity index (χ0) is 23.3. The zero-order valence-electron chi connectivity index (χ0n) is 18.6. The molecule has 7 nitrogen and oxygen atoms in total. The Morgan fingerprint density at radius 2 is 1.52 bits per heavy atom. The van der Waals surface area contributed by atoms with Crippen molar-refractivity contribution < 1.29 is 32.4 Å². The Balaban J connectivity index is 2.73. The first-order valence-corrected chi connectivity index (χ1v) is 12.7. The number of esters is 1. The molecule has 0 unspecified atom stereocenters. The molecule has 0 fully saturated rings. The summed E-state index contributed by atoms with van der Waals surface area (Å²) in [5.41, 5.74) is -0.710. The lowest BCUT2D eigenvalue weighted by molar-refractivity contribution is 0.0472. The lowest BCUT2D eigenvalue weighted by Crippen LogP contribution is -2.15. The number of ether oxygens (including phenoxy) is 1. The van der Waals surface area contributed by atoms with Crippen molar-refractivity contribution in [3.8, 4) is 0 Å². The topological polar surface area (TPSA) is 118 Å². The molecule has 0 atom stereocenters. The largest absolute Gasteiger partial charge is 0.478 e. The van der Waals surface area contributed by atoms with Gasteiger partial charge in [-0.2, -0.15) is 8.42 Å². The van der Waals surface area contributed by atoms with Crippen LogP contribution < -0.4 is 0 Å². The summed E-state index contributed by atoms with van der Waals surface area (Å²) in [5.74, 6) is -1.81. The molecule has 1 aromatic rings. The highest BCUT2D eigenvalue weighted by molar-refractivity contribution is 7.86. The maximum absolute atomic E-state index is 12.4. The minimum Gasteiger partial charge on any atom is -0.478 e. The molecule has 31 heavy (non-hydrogen) atoms. The minimum absolute atomic E-state index is 0.149. The number of hydrogen-bond donors (Lipinski definition) is 2. The van der Waals surface area contributed by atoms with Crippen molar-refractivity contribution in [3.63, 3.8) is 0 Å².